The van der Waals surface area contributed by atoms with Crippen molar-refractivity contribution in [2.24, 2.45) is 0 Å². The van der Waals surface area contributed by atoms with E-state index in [1.165, 1.54) is 0 Å². The van der Waals surface area contributed by atoms with Crippen LogP contribution in [-0.4, -0.2) is 16.0 Å². The van der Waals surface area contributed by atoms with Gasteiger partial charge in [-0.3, -0.25) is 9.59 Å². The van der Waals surface area contributed by atoms with Crippen LogP contribution < -0.4 is 5.56 Å². The number of hydrogen-bond donors (Lipinski definition) is 0. The van der Waals surface area contributed by atoms with E-state index in [1.54, 1.807) is 6.92 Å². The quantitative estimate of drug-likeness (QED) is 0.522. The summed E-state index contributed by atoms with van der Waals surface area (Å²) in [7, 11) is 0. The zero-order valence-corrected chi connectivity index (χ0v) is 15.9. The fraction of sp³-hybridized carbons (Fsp3) is 0.118. The van der Waals surface area contributed by atoms with Gasteiger partial charge in [0.05, 0.1) is 15.7 Å². The Balaban J connectivity index is 2.49. The molecule has 3 aromatic rings. The average Bonchev–Trinajstić information content (AvgIpc) is 2.97. The number of hydrogen-bond acceptors (Lipinski definition) is 4. The molecule has 140 valence electrons. The molecule has 0 N–H and O–H groups in total. The molecule has 0 bridgehead atoms. The van der Waals surface area contributed by atoms with Gasteiger partial charge in [0.1, 0.15) is 28.2 Å². The molecule has 0 unspecified atom stereocenters. The standard InChI is InChI=1S/C17H9BrClF3N2O3/c1-2-24-16(13-10(21)3-7(20)4-11(13)22)8(5-9(19)17(24)26)15-14(18)12(6-25)27-23-15/h3-6H,2H2,1H3. The maximum atomic E-state index is 14.5. The summed E-state index contributed by atoms with van der Waals surface area (Å²) in [6.45, 7) is 1.58. The monoisotopic (exact) mass is 460 g/mol. The SMILES string of the molecule is CCn1c(-c2c(F)cc(F)cc2F)c(-c2noc(C=O)c2Br)cc(Cl)c1=O. The van der Waals surface area contributed by atoms with E-state index in [0.29, 0.717) is 18.4 Å². The molecular formula is C17H9BrClF3N2O3. The van der Waals surface area contributed by atoms with Crippen LogP contribution in [0.2, 0.25) is 5.02 Å². The summed E-state index contributed by atoms with van der Waals surface area (Å²) in [6, 6.07) is 2.15. The van der Waals surface area contributed by atoms with Gasteiger partial charge in [0, 0.05) is 24.2 Å². The predicted octanol–water partition coefficient (Wildman–Crippen LogP) is 4.84. The minimum atomic E-state index is -1.21. The van der Waals surface area contributed by atoms with Crippen LogP contribution in [0.25, 0.3) is 22.5 Å². The van der Waals surface area contributed by atoms with E-state index < -0.39 is 28.6 Å². The van der Waals surface area contributed by atoms with Gasteiger partial charge in [-0.1, -0.05) is 16.8 Å². The van der Waals surface area contributed by atoms with E-state index in [1.807, 2.05) is 0 Å². The second-order valence-electron chi connectivity index (χ2n) is 5.38. The van der Waals surface area contributed by atoms with Gasteiger partial charge in [-0.05, 0) is 28.9 Å². The van der Waals surface area contributed by atoms with Crippen LogP contribution in [0.1, 0.15) is 17.5 Å². The fourth-order valence-electron chi connectivity index (χ4n) is 2.69. The first-order valence-corrected chi connectivity index (χ1v) is 8.66. The van der Waals surface area contributed by atoms with Gasteiger partial charge in [0.15, 0.2) is 6.29 Å². The van der Waals surface area contributed by atoms with Crippen molar-refractivity contribution in [3.8, 4) is 22.5 Å². The van der Waals surface area contributed by atoms with Gasteiger partial charge in [-0.25, -0.2) is 13.2 Å². The average molecular weight is 462 g/mol. The van der Waals surface area contributed by atoms with E-state index in [2.05, 4.69) is 21.1 Å². The van der Waals surface area contributed by atoms with Gasteiger partial charge in [-0.15, -0.1) is 0 Å². The highest BCUT2D eigenvalue weighted by Gasteiger charge is 2.26. The maximum absolute atomic E-state index is 14.5. The summed E-state index contributed by atoms with van der Waals surface area (Å²) in [4.78, 5) is 23.4. The Hall–Kier alpha value is -2.39. The van der Waals surface area contributed by atoms with Crippen molar-refractivity contribution in [2.45, 2.75) is 13.5 Å². The van der Waals surface area contributed by atoms with Gasteiger partial charge in [-0.2, -0.15) is 0 Å². The second kappa shape index (κ2) is 7.32. The number of aldehydes is 1. The van der Waals surface area contributed by atoms with Crippen molar-refractivity contribution in [1.82, 2.24) is 9.72 Å². The molecule has 5 nitrogen and oxygen atoms in total. The third-order valence-electron chi connectivity index (χ3n) is 3.83. The van der Waals surface area contributed by atoms with Crippen molar-refractivity contribution < 1.29 is 22.5 Å². The first-order chi connectivity index (χ1) is 12.8. The predicted molar refractivity (Wildman–Crippen MR) is 95.3 cm³/mol. The van der Waals surface area contributed by atoms with Crippen LogP contribution in [0.3, 0.4) is 0 Å². The second-order valence-corrected chi connectivity index (χ2v) is 6.58. The highest BCUT2D eigenvalue weighted by Crippen LogP contribution is 2.39. The number of benzene rings is 1. The van der Waals surface area contributed by atoms with Crippen LogP contribution in [0.4, 0.5) is 13.2 Å². The summed E-state index contributed by atoms with van der Waals surface area (Å²) >= 11 is 9.11. The first kappa shape index (κ1) is 19.4. The van der Waals surface area contributed by atoms with E-state index in [9.17, 15) is 22.8 Å². The molecule has 0 saturated heterocycles. The van der Waals surface area contributed by atoms with Crippen LogP contribution in [0.15, 0.2) is 32.0 Å². The van der Waals surface area contributed by atoms with Crippen LogP contribution in [0.5, 0.6) is 0 Å². The number of rotatable bonds is 4. The zero-order valence-electron chi connectivity index (χ0n) is 13.5. The maximum Gasteiger partial charge on any atom is 0.269 e. The smallest absolute Gasteiger partial charge is 0.269 e. The summed E-state index contributed by atoms with van der Waals surface area (Å²) in [5, 5.41) is 3.48. The van der Waals surface area contributed by atoms with Gasteiger partial charge >= 0.3 is 0 Å². The Labute approximate surface area is 163 Å². The number of aromatic nitrogens is 2. The van der Waals surface area contributed by atoms with Gasteiger partial charge in [0.25, 0.3) is 5.56 Å². The summed E-state index contributed by atoms with van der Waals surface area (Å²) in [5.74, 6) is -3.71. The van der Waals surface area contributed by atoms with Gasteiger partial charge in [0.2, 0.25) is 5.76 Å². The minimum absolute atomic E-state index is 0.000625. The highest BCUT2D eigenvalue weighted by molar-refractivity contribution is 9.10. The first-order valence-electron chi connectivity index (χ1n) is 7.49. The van der Waals surface area contributed by atoms with Crippen molar-refractivity contribution >= 4 is 33.8 Å². The summed E-state index contributed by atoms with van der Waals surface area (Å²) < 4.78 is 48.3. The molecule has 2 aromatic heterocycles. The topological polar surface area (TPSA) is 65.1 Å². The third-order valence-corrected chi connectivity index (χ3v) is 4.86. The van der Waals surface area contributed by atoms with E-state index in [0.717, 1.165) is 10.6 Å². The molecular weight excluding hydrogens is 453 g/mol. The number of carbonyl (C=O) groups is 1. The molecule has 10 heteroatoms. The van der Waals surface area contributed by atoms with Crippen LogP contribution in [-0.2, 0) is 6.54 Å². The molecule has 2 heterocycles. The van der Waals surface area contributed by atoms with Crippen molar-refractivity contribution in [1.29, 1.82) is 0 Å². The third kappa shape index (κ3) is 3.21. The van der Waals surface area contributed by atoms with Crippen molar-refractivity contribution in [3.05, 3.63) is 61.3 Å². The Morgan fingerprint density at radius 1 is 1.26 bits per heavy atom. The summed E-state index contributed by atoms with van der Waals surface area (Å²) in [6.07, 6.45) is 0.386. The molecule has 0 aliphatic carbocycles. The minimum Gasteiger partial charge on any atom is -0.352 e. The molecule has 3 rings (SSSR count). The summed E-state index contributed by atoms with van der Waals surface area (Å²) in [5.41, 5.74) is -1.52. The van der Waals surface area contributed by atoms with E-state index in [4.69, 9.17) is 16.1 Å². The van der Waals surface area contributed by atoms with E-state index in [-0.39, 0.29) is 38.8 Å². The number of halogens is 5. The molecule has 0 radical (unpaired) electrons. The Morgan fingerprint density at radius 2 is 1.89 bits per heavy atom. The lowest BCUT2D eigenvalue weighted by Crippen LogP contribution is -2.23. The number of pyridine rings is 1. The van der Waals surface area contributed by atoms with Crippen molar-refractivity contribution in [2.75, 3.05) is 0 Å². The largest absolute Gasteiger partial charge is 0.352 e. The van der Waals surface area contributed by atoms with Crippen molar-refractivity contribution in [3.63, 3.8) is 0 Å². The highest BCUT2D eigenvalue weighted by atomic mass is 79.9. The number of carbonyl (C=O) groups excluding carboxylic acids is 1. The number of nitrogens with zero attached hydrogens (tertiary/aromatic N) is 2. The zero-order chi connectivity index (χ0) is 19.9. The van der Waals surface area contributed by atoms with Crippen LogP contribution >= 0.6 is 27.5 Å². The fourth-order valence-corrected chi connectivity index (χ4v) is 3.35. The lowest BCUT2D eigenvalue weighted by Gasteiger charge is -2.17. The normalized spacial score (nSPS) is 11.0. The molecule has 0 aliphatic heterocycles. The Bertz CT molecular complexity index is 1100. The van der Waals surface area contributed by atoms with E-state index >= 15 is 0 Å². The molecule has 0 amide bonds. The lowest BCUT2D eigenvalue weighted by atomic mass is 10.0. The molecule has 0 fully saturated rings. The molecule has 0 atom stereocenters. The molecule has 0 aliphatic rings. The lowest BCUT2D eigenvalue weighted by molar-refractivity contribution is 0.109. The molecule has 1 aromatic carbocycles. The Kier molecular flexibility index (Phi) is 5.25. The molecule has 0 saturated carbocycles. The van der Waals surface area contributed by atoms with Gasteiger partial charge < -0.3 is 9.09 Å². The Morgan fingerprint density at radius 3 is 2.41 bits per heavy atom. The molecule has 27 heavy (non-hydrogen) atoms. The molecule has 0 spiro atoms. The van der Waals surface area contributed by atoms with Crippen LogP contribution in [0, 0.1) is 17.5 Å².